The van der Waals surface area contributed by atoms with E-state index in [1.54, 1.807) is 0 Å². The molecule has 3 N–H and O–H groups in total. The largest absolute Gasteiger partial charge is 0.318 e. The van der Waals surface area contributed by atoms with E-state index in [4.69, 9.17) is 0 Å². The van der Waals surface area contributed by atoms with E-state index in [0.717, 1.165) is 32.5 Å². The van der Waals surface area contributed by atoms with Crippen molar-refractivity contribution >= 4 is 0 Å². The quantitative estimate of drug-likeness (QED) is 0.548. The first-order valence-electron chi connectivity index (χ1n) is 9.86. The summed E-state index contributed by atoms with van der Waals surface area (Å²) in [6, 6.07) is 22.4. The minimum atomic E-state index is 0.432. The van der Waals surface area contributed by atoms with Gasteiger partial charge in [-0.05, 0) is 43.5 Å². The third kappa shape index (κ3) is 8.13. The number of hydrogen-bond donors (Lipinski definition) is 3. The maximum absolute atomic E-state index is 3.79. The highest BCUT2D eigenvalue weighted by Crippen LogP contribution is 2.06. The predicted octanol–water partition coefficient (Wildman–Crippen LogP) is 3.26. The summed E-state index contributed by atoms with van der Waals surface area (Å²) in [5, 5.41) is 10.9. The minimum Gasteiger partial charge on any atom is -0.318 e. The fourth-order valence-corrected chi connectivity index (χ4v) is 3.19. The zero-order valence-corrected chi connectivity index (χ0v) is 16.5. The summed E-state index contributed by atoms with van der Waals surface area (Å²) >= 11 is 0. The molecule has 0 heterocycles. The standard InChI is InChI=1S/C23H35N3/c1-19(2)16-25-23(15-21-12-8-5-9-13-21)18-26-22(17-24-3)14-20-10-6-4-7-11-20/h4-13,19,22-26H,14-18H2,1-3H3/t22-,23-/m0/s1. The Labute approximate surface area is 159 Å². The van der Waals surface area contributed by atoms with E-state index in [2.05, 4.69) is 90.5 Å². The van der Waals surface area contributed by atoms with Crippen LogP contribution in [0, 0.1) is 5.92 Å². The molecule has 3 heteroatoms. The van der Waals surface area contributed by atoms with E-state index in [0.29, 0.717) is 18.0 Å². The van der Waals surface area contributed by atoms with E-state index in [1.807, 2.05) is 7.05 Å². The van der Waals surface area contributed by atoms with Gasteiger partial charge in [-0.2, -0.15) is 0 Å². The Morgan fingerprint density at radius 2 is 1.12 bits per heavy atom. The van der Waals surface area contributed by atoms with Crippen LogP contribution in [0.3, 0.4) is 0 Å². The molecule has 2 aromatic rings. The normalized spacial score (nSPS) is 13.7. The highest BCUT2D eigenvalue weighted by molar-refractivity contribution is 5.17. The van der Waals surface area contributed by atoms with Crippen molar-refractivity contribution in [2.75, 3.05) is 26.7 Å². The number of hydrogen-bond acceptors (Lipinski definition) is 3. The molecule has 26 heavy (non-hydrogen) atoms. The average Bonchev–Trinajstić information content (AvgIpc) is 2.65. The molecule has 0 spiro atoms. The lowest BCUT2D eigenvalue weighted by Gasteiger charge is -2.25. The van der Waals surface area contributed by atoms with E-state index in [1.165, 1.54) is 11.1 Å². The first-order valence-corrected chi connectivity index (χ1v) is 9.86. The Bertz CT molecular complexity index is 583. The van der Waals surface area contributed by atoms with Crippen LogP contribution in [-0.4, -0.2) is 38.8 Å². The fraction of sp³-hybridized carbons (Fsp3) is 0.478. The van der Waals surface area contributed by atoms with Crippen LogP contribution in [0.4, 0.5) is 0 Å². The summed E-state index contributed by atoms with van der Waals surface area (Å²) in [4.78, 5) is 0. The van der Waals surface area contributed by atoms with Crippen LogP contribution in [0.1, 0.15) is 25.0 Å². The second-order valence-electron chi connectivity index (χ2n) is 7.54. The molecule has 142 valence electrons. The van der Waals surface area contributed by atoms with Crippen LogP contribution in [0.2, 0.25) is 0 Å². The van der Waals surface area contributed by atoms with Gasteiger partial charge in [0.1, 0.15) is 0 Å². The van der Waals surface area contributed by atoms with E-state index in [9.17, 15) is 0 Å². The Hall–Kier alpha value is -1.68. The van der Waals surface area contributed by atoms with Gasteiger partial charge in [0.15, 0.2) is 0 Å². The molecule has 2 atom stereocenters. The minimum absolute atomic E-state index is 0.432. The van der Waals surface area contributed by atoms with Crippen molar-refractivity contribution in [1.29, 1.82) is 0 Å². The van der Waals surface area contributed by atoms with Crippen LogP contribution < -0.4 is 16.0 Å². The Morgan fingerprint density at radius 1 is 0.654 bits per heavy atom. The van der Waals surface area contributed by atoms with E-state index < -0.39 is 0 Å². The summed E-state index contributed by atoms with van der Waals surface area (Å²) < 4.78 is 0. The van der Waals surface area contributed by atoms with Crippen LogP contribution in [0.25, 0.3) is 0 Å². The van der Waals surface area contributed by atoms with Crippen molar-refractivity contribution in [2.24, 2.45) is 5.92 Å². The Balaban J connectivity index is 1.93. The molecule has 0 saturated carbocycles. The van der Waals surface area contributed by atoms with Crippen LogP contribution in [0.5, 0.6) is 0 Å². The van der Waals surface area contributed by atoms with E-state index >= 15 is 0 Å². The third-order valence-corrected chi connectivity index (χ3v) is 4.57. The molecule has 0 unspecified atom stereocenters. The number of likely N-dealkylation sites (N-methyl/N-ethyl adjacent to an activating group) is 1. The maximum Gasteiger partial charge on any atom is 0.0233 e. The molecule has 0 fully saturated rings. The lowest BCUT2D eigenvalue weighted by Crippen LogP contribution is -2.48. The van der Waals surface area contributed by atoms with Gasteiger partial charge in [-0.1, -0.05) is 74.5 Å². The SMILES string of the molecule is CNC[C@H](Cc1ccccc1)NC[C@H](Cc1ccccc1)NCC(C)C. The molecule has 0 aliphatic rings. The second-order valence-corrected chi connectivity index (χ2v) is 7.54. The number of rotatable bonds is 12. The van der Waals surface area contributed by atoms with Gasteiger partial charge in [0.2, 0.25) is 0 Å². The predicted molar refractivity (Wildman–Crippen MR) is 113 cm³/mol. The highest BCUT2D eigenvalue weighted by Gasteiger charge is 2.14. The van der Waals surface area contributed by atoms with Gasteiger partial charge in [-0.15, -0.1) is 0 Å². The highest BCUT2D eigenvalue weighted by atomic mass is 15.0. The molecular formula is C23H35N3. The second kappa shape index (κ2) is 11.8. The summed E-state index contributed by atoms with van der Waals surface area (Å²) in [6.45, 7) is 7.52. The van der Waals surface area contributed by atoms with Gasteiger partial charge in [-0.25, -0.2) is 0 Å². The molecule has 3 nitrogen and oxygen atoms in total. The molecule has 0 aliphatic heterocycles. The molecular weight excluding hydrogens is 318 g/mol. The zero-order chi connectivity index (χ0) is 18.6. The summed E-state index contributed by atoms with van der Waals surface area (Å²) in [7, 11) is 2.03. The monoisotopic (exact) mass is 353 g/mol. The van der Waals surface area contributed by atoms with Crippen molar-refractivity contribution < 1.29 is 0 Å². The van der Waals surface area contributed by atoms with Gasteiger partial charge < -0.3 is 16.0 Å². The topological polar surface area (TPSA) is 36.1 Å². The zero-order valence-electron chi connectivity index (χ0n) is 16.5. The first-order chi connectivity index (χ1) is 12.7. The van der Waals surface area contributed by atoms with Crippen molar-refractivity contribution in [3.8, 4) is 0 Å². The molecule has 0 bridgehead atoms. The Kier molecular flexibility index (Phi) is 9.40. The molecule has 0 saturated heterocycles. The van der Waals surface area contributed by atoms with Crippen molar-refractivity contribution in [1.82, 2.24) is 16.0 Å². The summed E-state index contributed by atoms with van der Waals surface area (Å²) in [6.07, 6.45) is 2.10. The van der Waals surface area contributed by atoms with Gasteiger partial charge in [0.25, 0.3) is 0 Å². The van der Waals surface area contributed by atoms with Crippen LogP contribution >= 0.6 is 0 Å². The first kappa shape index (κ1) is 20.6. The van der Waals surface area contributed by atoms with E-state index in [-0.39, 0.29) is 0 Å². The maximum atomic E-state index is 3.79. The van der Waals surface area contributed by atoms with Crippen LogP contribution in [-0.2, 0) is 12.8 Å². The Morgan fingerprint density at radius 3 is 1.58 bits per heavy atom. The summed E-state index contributed by atoms with van der Waals surface area (Å²) in [5.41, 5.74) is 2.78. The molecule has 0 amide bonds. The molecule has 0 aliphatic carbocycles. The molecule has 2 aromatic carbocycles. The van der Waals surface area contributed by atoms with Crippen molar-refractivity contribution in [2.45, 2.75) is 38.8 Å². The van der Waals surface area contributed by atoms with Gasteiger partial charge >= 0.3 is 0 Å². The number of benzene rings is 2. The molecule has 2 rings (SSSR count). The fourth-order valence-electron chi connectivity index (χ4n) is 3.19. The third-order valence-electron chi connectivity index (χ3n) is 4.57. The number of nitrogens with one attached hydrogen (secondary N) is 3. The van der Waals surface area contributed by atoms with Crippen molar-refractivity contribution in [3.63, 3.8) is 0 Å². The van der Waals surface area contributed by atoms with Crippen molar-refractivity contribution in [3.05, 3.63) is 71.8 Å². The lowest BCUT2D eigenvalue weighted by molar-refractivity contribution is 0.400. The van der Waals surface area contributed by atoms with Gasteiger partial charge in [0, 0.05) is 25.2 Å². The molecule has 0 aromatic heterocycles. The van der Waals surface area contributed by atoms with Crippen LogP contribution in [0.15, 0.2) is 60.7 Å². The molecule has 0 radical (unpaired) electrons. The lowest BCUT2D eigenvalue weighted by atomic mass is 10.0. The van der Waals surface area contributed by atoms with Gasteiger partial charge in [0.05, 0.1) is 0 Å². The summed E-state index contributed by atoms with van der Waals surface area (Å²) in [5.74, 6) is 0.658. The smallest absolute Gasteiger partial charge is 0.0233 e. The van der Waals surface area contributed by atoms with Gasteiger partial charge in [-0.3, -0.25) is 0 Å². The average molecular weight is 354 g/mol.